The van der Waals surface area contributed by atoms with Crippen LogP contribution < -0.4 is 10.3 Å². The maximum Gasteiger partial charge on any atom is 0.249 e. The number of hydrogen-bond donors (Lipinski definition) is 2. The lowest BCUT2D eigenvalue weighted by molar-refractivity contribution is -0.125. The summed E-state index contributed by atoms with van der Waals surface area (Å²) in [6, 6.07) is 19.7. The van der Waals surface area contributed by atoms with Gasteiger partial charge in [-0.15, -0.1) is 0 Å². The summed E-state index contributed by atoms with van der Waals surface area (Å²) in [5.41, 5.74) is 10.2. The number of rotatable bonds is 6. The highest BCUT2D eigenvalue weighted by Crippen LogP contribution is 2.35. The molecule has 0 fully saturated rings. The molecule has 0 bridgehead atoms. The largest absolute Gasteiger partial charge is 0.433 e. The van der Waals surface area contributed by atoms with Crippen molar-refractivity contribution in [3.05, 3.63) is 76.8 Å². The molecule has 0 spiro atoms. The van der Waals surface area contributed by atoms with Crippen molar-refractivity contribution < 1.29 is 14.0 Å². The normalized spacial score (nSPS) is 11.3. The zero-order valence-electron chi connectivity index (χ0n) is 20.3. The van der Waals surface area contributed by atoms with Crippen LogP contribution in [0.25, 0.3) is 45.1 Å². The minimum atomic E-state index is -0.261. The van der Waals surface area contributed by atoms with Crippen LogP contribution in [0.1, 0.15) is 37.8 Å². The number of aryl methyl sites for hydroxylation is 1. The van der Waals surface area contributed by atoms with Crippen LogP contribution in [0.3, 0.4) is 0 Å². The molecule has 0 aliphatic rings. The van der Waals surface area contributed by atoms with Gasteiger partial charge in [0.15, 0.2) is 11.3 Å². The van der Waals surface area contributed by atoms with Gasteiger partial charge in [0.1, 0.15) is 11.2 Å². The molecule has 0 saturated heterocycles. The molecule has 0 unspecified atom stereocenters. The van der Waals surface area contributed by atoms with Crippen LogP contribution in [-0.2, 0) is 4.79 Å². The van der Waals surface area contributed by atoms with Crippen LogP contribution in [0.15, 0.2) is 65.1 Å². The van der Waals surface area contributed by atoms with Crippen molar-refractivity contribution in [2.45, 2.75) is 33.6 Å². The Hall–Kier alpha value is -4.10. The van der Waals surface area contributed by atoms with E-state index in [1.807, 2.05) is 55.5 Å². The SMILES string of the molecule is CC(=O)NOc1ccc(C(C)C)c(-c2ccc(-c3cc(-c4nc5ccc(C)c(Cl)c5o4)[nH]n3)cc2)c1. The molecule has 5 aromatic rings. The van der Waals surface area contributed by atoms with E-state index in [0.29, 0.717) is 39.4 Å². The Balaban J connectivity index is 1.43. The van der Waals surface area contributed by atoms with E-state index in [-0.39, 0.29) is 5.91 Å². The maximum absolute atomic E-state index is 11.2. The molecule has 1 amide bonds. The smallest absolute Gasteiger partial charge is 0.249 e. The Kier molecular flexibility index (Phi) is 6.24. The predicted octanol–water partition coefficient (Wildman–Crippen LogP) is 7.07. The van der Waals surface area contributed by atoms with Gasteiger partial charge in [-0.25, -0.2) is 4.98 Å². The molecular weight excluding hydrogens is 476 g/mol. The molecule has 36 heavy (non-hydrogen) atoms. The minimum absolute atomic E-state index is 0.261. The quantitative estimate of drug-likeness (QED) is 0.243. The van der Waals surface area contributed by atoms with E-state index in [1.54, 1.807) is 0 Å². The van der Waals surface area contributed by atoms with Crippen LogP contribution in [0.5, 0.6) is 5.75 Å². The fourth-order valence-corrected chi connectivity index (χ4v) is 4.25. The number of carbonyl (C=O) groups is 1. The molecule has 7 nitrogen and oxygen atoms in total. The first-order chi connectivity index (χ1) is 17.3. The maximum atomic E-state index is 11.2. The number of nitrogens with zero attached hydrogens (tertiary/aromatic N) is 2. The number of halogens is 1. The number of amides is 1. The zero-order valence-corrected chi connectivity index (χ0v) is 21.1. The molecule has 182 valence electrons. The third kappa shape index (κ3) is 4.57. The highest BCUT2D eigenvalue weighted by molar-refractivity contribution is 6.35. The number of hydroxylamine groups is 1. The van der Waals surface area contributed by atoms with Crippen molar-refractivity contribution >= 4 is 28.6 Å². The molecule has 0 aliphatic carbocycles. The fraction of sp³-hybridized carbons (Fsp3) is 0.179. The topological polar surface area (TPSA) is 93.0 Å². The molecule has 8 heteroatoms. The molecule has 5 rings (SSSR count). The summed E-state index contributed by atoms with van der Waals surface area (Å²) >= 11 is 6.38. The molecule has 0 atom stereocenters. The van der Waals surface area contributed by atoms with Gasteiger partial charge in [0.25, 0.3) is 0 Å². The first-order valence-corrected chi connectivity index (χ1v) is 12.0. The number of hydrogen-bond acceptors (Lipinski definition) is 5. The van der Waals surface area contributed by atoms with Crippen LogP contribution in [0.2, 0.25) is 5.02 Å². The van der Waals surface area contributed by atoms with E-state index in [0.717, 1.165) is 27.9 Å². The molecule has 0 aliphatic heterocycles. The van der Waals surface area contributed by atoms with Gasteiger partial charge in [0.05, 0.1) is 10.7 Å². The monoisotopic (exact) mass is 500 g/mol. The Morgan fingerprint density at radius 2 is 1.81 bits per heavy atom. The van der Waals surface area contributed by atoms with Gasteiger partial charge in [-0.2, -0.15) is 10.6 Å². The second-order valence-corrected chi connectivity index (χ2v) is 9.35. The first kappa shape index (κ1) is 23.6. The Labute approximate surface area is 213 Å². The Morgan fingerprint density at radius 1 is 1.06 bits per heavy atom. The Morgan fingerprint density at radius 3 is 2.53 bits per heavy atom. The molecule has 3 aromatic carbocycles. The molecule has 2 heterocycles. The van der Waals surface area contributed by atoms with Crippen molar-refractivity contribution in [3.63, 3.8) is 0 Å². The van der Waals surface area contributed by atoms with E-state index >= 15 is 0 Å². The third-order valence-electron chi connectivity index (χ3n) is 5.95. The molecule has 0 saturated carbocycles. The summed E-state index contributed by atoms with van der Waals surface area (Å²) in [4.78, 5) is 21.2. The van der Waals surface area contributed by atoms with Crippen molar-refractivity contribution in [1.82, 2.24) is 20.7 Å². The second kappa shape index (κ2) is 9.51. The number of aromatic nitrogens is 3. The van der Waals surface area contributed by atoms with Gasteiger partial charge >= 0.3 is 0 Å². The Bertz CT molecular complexity index is 1570. The lowest BCUT2D eigenvalue weighted by Gasteiger charge is -2.15. The van der Waals surface area contributed by atoms with Crippen molar-refractivity contribution in [2.75, 3.05) is 0 Å². The highest BCUT2D eigenvalue weighted by Gasteiger charge is 2.16. The molecule has 2 N–H and O–H groups in total. The van der Waals surface area contributed by atoms with Gasteiger partial charge in [0.2, 0.25) is 11.8 Å². The lowest BCUT2D eigenvalue weighted by Crippen LogP contribution is -2.23. The minimum Gasteiger partial charge on any atom is -0.433 e. The lowest BCUT2D eigenvalue weighted by atomic mass is 9.92. The average molecular weight is 501 g/mol. The average Bonchev–Trinajstić information content (AvgIpc) is 3.53. The summed E-state index contributed by atoms with van der Waals surface area (Å²) < 4.78 is 5.92. The van der Waals surface area contributed by atoms with Gasteiger partial charge in [-0.05, 0) is 59.4 Å². The summed E-state index contributed by atoms with van der Waals surface area (Å²) in [6.07, 6.45) is 0. The predicted molar refractivity (Wildman–Crippen MR) is 141 cm³/mol. The van der Waals surface area contributed by atoms with E-state index < -0.39 is 0 Å². The zero-order chi connectivity index (χ0) is 25.4. The number of oxazole rings is 1. The number of benzene rings is 3. The van der Waals surface area contributed by atoms with Crippen LogP contribution in [0.4, 0.5) is 0 Å². The van der Waals surface area contributed by atoms with Crippen molar-refractivity contribution in [2.24, 2.45) is 0 Å². The summed E-state index contributed by atoms with van der Waals surface area (Å²) in [5, 5.41) is 8.04. The highest BCUT2D eigenvalue weighted by atomic mass is 35.5. The van der Waals surface area contributed by atoms with Gasteiger partial charge < -0.3 is 9.25 Å². The van der Waals surface area contributed by atoms with E-state index in [2.05, 4.69) is 46.6 Å². The van der Waals surface area contributed by atoms with Gasteiger partial charge in [-0.1, -0.05) is 61.8 Å². The van der Waals surface area contributed by atoms with Crippen LogP contribution in [-0.4, -0.2) is 21.1 Å². The summed E-state index contributed by atoms with van der Waals surface area (Å²) in [7, 11) is 0. The van der Waals surface area contributed by atoms with Crippen LogP contribution in [0, 0.1) is 6.92 Å². The summed E-state index contributed by atoms with van der Waals surface area (Å²) in [6.45, 7) is 7.63. The number of aromatic amines is 1. The van der Waals surface area contributed by atoms with E-state index in [4.69, 9.17) is 20.9 Å². The van der Waals surface area contributed by atoms with Crippen molar-refractivity contribution in [3.8, 4) is 39.7 Å². The second-order valence-electron chi connectivity index (χ2n) is 8.97. The number of nitrogens with one attached hydrogen (secondary N) is 2. The van der Waals surface area contributed by atoms with Gasteiger partial charge in [0, 0.05) is 12.5 Å². The summed E-state index contributed by atoms with van der Waals surface area (Å²) in [5.74, 6) is 1.06. The fourth-order valence-electron chi connectivity index (χ4n) is 4.06. The van der Waals surface area contributed by atoms with E-state index in [9.17, 15) is 4.79 Å². The standard InChI is InChI=1S/C28H25ClN4O3/c1-15(2)21-11-10-20(36-33-17(4)34)13-22(21)18-6-8-19(9-7-18)24-14-25(32-31-24)28-30-23-12-5-16(3)26(29)27(23)35-28/h5-15H,1-4H3,(H,31,32)(H,33,34). The molecule has 0 radical (unpaired) electrons. The number of fused-ring (bicyclic) bond motifs is 1. The van der Waals surface area contributed by atoms with Crippen LogP contribution >= 0.6 is 11.6 Å². The third-order valence-corrected chi connectivity index (χ3v) is 6.42. The van der Waals surface area contributed by atoms with Gasteiger partial charge in [-0.3, -0.25) is 9.89 Å². The molecule has 2 aromatic heterocycles. The van der Waals surface area contributed by atoms with Crippen molar-refractivity contribution in [1.29, 1.82) is 0 Å². The number of carbonyl (C=O) groups excluding carboxylic acids is 1. The first-order valence-electron chi connectivity index (χ1n) is 11.6. The number of H-pyrrole nitrogens is 1. The molecular formula is C28H25ClN4O3. The van der Waals surface area contributed by atoms with E-state index in [1.165, 1.54) is 12.5 Å².